The molecular weight excluding hydrogens is 177 g/mol. The van der Waals surface area contributed by atoms with Gasteiger partial charge in [-0.3, -0.25) is 0 Å². The average molecular weight is 195 g/mol. The summed E-state index contributed by atoms with van der Waals surface area (Å²) in [5.41, 5.74) is 1.68. The first-order valence-corrected chi connectivity index (χ1v) is 5.03. The average Bonchev–Trinajstić information content (AvgIpc) is 2.11. The second-order valence-corrected chi connectivity index (χ2v) is 4.16. The Bertz CT molecular complexity index is 307. The Morgan fingerprint density at radius 2 is 1.86 bits per heavy atom. The van der Waals surface area contributed by atoms with Gasteiger partial charge in [0.25, 0.3) is 0 Å². The summed E-state index contributed by atoms with van der Waals surface area (Å²) in [6, 6.07) is 5.41. The van der Waals surface area contributed by atoms with Crippen molar-refractivity contribution in [3.63, 3.8) is 0 Å². The molecule has 0 saturated heterocycles. The van der Waals surface area contributed by atoms with Crippen molar-refractivity contribution >= 4 is 5.69 Å². The molecule has 0 radical (unpaired) electrons. The molecule has 1 N–H and O–H groups in total. The lowest BCUT2D eigenvalue weighted by molar-refractivity contribution is 0.552. The SMILES string of the molecule is Cc1ccc(F)c(NC(C)C(C)C)c1. The van der Waals surface area contributed by atoms with Crippen LogP contribution in [0, 0.1) is 18.7 Å². The molecule has 0 spiro atoms. The molecule has 0 aliphatic rings. The molecule has 78 valence electrons. The van der Waals surface area contributed by atoms with Gasteiger partial charge in [0.2, 0.25) is 0 Å². The summed E-state index contributed by atoms with van der Waals surface area (Å²) in [6.07, 6.45) is 0. The molecule has 1 nitrogen and oxygen atoms in total. The van der Waals surface area contributed by atoms with E-state index < -0.39 is 0 Å². The van der Waals surface area contributed by atoms with Gasteiger partial charge in [-0.2, -0.15) is 0 Å². The van der Waals surface area contributed by atoms with Gasteiger partial charge in [0.1, 0.15) is 5.82 Å². The Kier molecular flexibility index (Phi) is 3.50. The van der Waals surface area contributed by atoms with E-state index in [9.17, 15) is 4.39 Å². The van der Waals surface area contributed by atoms with Gasteiger partial charge in [-0.25, -0.2) is 4.39 Å². The van der Waals surface area contributed by atoms with Gasteiger partial charge < -0.3 is 5.32 Å². The molecule has 0 fully saturated rings. The topological polar surface area (TPSA) is 12.0 Å². The van der Waals surface area contributed by atoms with Gasteiger partial charge in [-0.15, -0.1) is 0 Å². The van der Waals surface area contributed by atoms with Crippen molar-refractivity contribution in [2.45, 2.75) is 33.7 Å². The Hall–Kier alpha value is -1.05. The highest BCUT2D eigenvalue weighted by atomic mass is 19.1. The maximum absolute atomic E-state index is 13.3. The number of rotatable bonds is 3. The third-order valence-electron chi connectivity index (χ3n) is 2.51. The zero-order chi connectivity index (χ0) is 10.7. The van der Waals surface area contributed by atoms with Crippen molar-refractivity contribution in [2.75, 3.05) is 5.32 Å². The Morgan fingerprint density at radius 1 is 1.21 bits per heavy atom. The van der Waals surface area contributed by atoms with Crippen LogP contribution in [0.2, 0.25) is 0 Å². The standard InChI is InChI=1S/C12H18FN/c1-8(2)10(4)14-12-7-9(3)5-6-11(12)13/h5-8,10,14H,1-4H3. The third-order valence-corrected chi connectivity index (χ3v) is 2.51. The maximum atomic E-state index is 13.3. The number of benzene rings is 1. The van der Waals surface area contributed by atoms with Crippen LogP contribution < -0.4 is 5.32 Å². The van der Waals surface area contributed by atoms with Crippen LogP contribution in [-0.4, -0.2) is 6.04 Å². The Balaban J connectivity index is 2.80. The van der Waals surface area contributed by atoms with Crippen molar-refractivity contribution in [1.29, 1.82) is 0 Å². The lowest BCUT2D eigenvalue weighted by Gasteiger charge is -2.19. The molecule has 1 atom stereocenters. The first kappa shape index (κ1) is 11.0. The molecule has 0 heterocycles. The van der Waals surface area contributed by atoms with E-state index in [1.54, 1.807) is 6.07 Å². The van der Waals surface area contributed by atoms with Gasteiger partial charge in [-0.1, -0.05) is 19.9 Å². The molecule has 0 aromatic heterocycles. The van der Waals surface area contributed by atoms with Crippen LogP contribution in [0.5, 0.6) is 0 Å². The summed E-state index contributed by atoms with van der Waals surface area (Å²) in [7, 11) is 0. The summed E-state index contributed by atoms with van der Waals surface area (Å²) < 4.78 is 13.3. The molecule has 0 aliphatic heterocycles. The number of nitrogens with one attached hydrogen (secondary N) is 1. The van der Waals surface area contributed by atoms with Gasteiger partial charge in [-0.05, 0) is 37.5 Å². The van der Waals surface area contributed by atoms with Crippen molar-refractivity contribution in [3.8, 4) is 0 Å². The fourth-order valence-electron chi connectivity index (χ4n) is 1.16. The number of anilines is 1. The molecule has 1 rings (SSSR count). The van der Waals surface area contributed by atoms with Crippen LogP contribution in [0.4, 0.5) is 10.1 Å². The largest absolute Gasteiger partial charge is 0.380 e. The smallest absolute Gasteiger partial charge is 0.146 e. The lowest BCUT2D eigenvalue weighted by atomic mass is 10.1. The molecule has 0 bridgehead atoms. The van der Waals surface area contributed by atoms with E-state index in [1.807, 2.05) is 13.0 Å². The number of hydrogen-bond acceptors (Lipinski definition) is 1. The molecule has 1 aromatic carbocycles. The molecule has 0 saturated carbocycles. The molecule has 0 aliphatic carbocycles. The van der Waals surface area contributed by atoms with E-state index in [-0.39, 0.29) is 11.9 Å². The van der Waals surface area contributed by atoms with E-state index >= 15 is 0 Å². The highest BCUT2D eigenvalue weighted by Gasteiger charge is 2.09. The molecular formula is C12H18FN. The van der Waals surface area contributed by atoms with Crippen LogP contribution in [0.1, 0.15) is 26.3 Å². The normalized spacial score (nSPS) is 13.0. The predicted octanol–water partition coefficient (Wildman–Crippen LogP) is 3.59. The minimum atomic E-state index is -0.178. The predicted molar refractivity (Wildman–Crippen MR) is 59.1 cm³/mol. The first-order chi connectivity index (χ1) is 6.50. The summed E-state index contributed by atoms with van der Waals surface area (Å²) in [6.45, 7) is 8.26. The number of aryl methyl sites for hydroxylation is 1. The minimum Gasteiger partial charge on any atom is -0.380 e. The first-order valence-electron chi connectivity index (χ1n) is 5.03. The van der Waals surface area contributed by atoms with Crippen LogP contribution in [0.15, 0.2) is 18.2 Å². The van der Waals surface area contributed by atoms with Crippen LogP contribution in [-0.2, 0) is 0 Å². The van der Waals surface area contributed by atoms with Crippen molar-refractivity contribution in [3.05, 3.63) is 29.6 Å². The van der Waals surface area contributed by atoms with Crippen LogP contribution in [0.3, 0.4) is 0 Å². The monoisotopic (exact) mass is 195 g/mol. The second kappa shape index (κ2) is 4.45. The number of halogens is 1. The van der Waals surface area contributed by atoms with Crippen molar-refractivity contribution in [1.82, 2.24) is 0 Å². The Morgan fingerprint density at radius 3 is 2.43 bits per heavy atom. The molecule has 0 amide bonds. The van der Waals surface area contributed by atoms with Gasteiger partial charge in [0.15, 0.2) is 0 Å². The molecule has 2 heteroatoms. The zero-order valence-electron chi connectivity index (χ0n) is 9.26. The summed E-state index contributed by atoms with van der Waals surface area (Å²) in [5.74, 6) is 0.318. The van der Waals surface area contributed by atoms with Gasteiger partial charge >= 0.3 is 0 Å². The van der Waals surface area contributed by atoms with E-state index in [0.29, 0.717) is 11.6 Å². The molecule has 1 aromatic rings. The molecule has 1 unspecified atom stereocenters. The summed E-state index contributed by atoms with van der Waals surface area (Å²) in [5, 5.41) is 3.18. The Labute approximate surface area is 85.3 Å². The van der Waals surface area contributed by atoms with Crippen molar-refractivity contribution < 1.29 is 4.39 Å². The summed E-state index contributed by atoms with van der Waals surface area (Å²) in [4.78, 5) is 0. The van der Waals surface area contributed by atoms with Crippen LogP contribution >= 0.6 is 0 Å². The fraction of sp³-hybridized carbons (Fsp3) is 0.500. The van der Waals surface area contributed by atoms with E-state index in [0.717, 1.165) is 5.56 Å². The van der Waals surface area contributed by atoms with Crippen LogP contribution in [0.25, 0.3) is 0 Å². The second-order valence-electron chi connectivity index (χ2n) is 4.16. The quantitative estimate of drug-likeness (QED) is 0.777. The third kappa shape index (κ3) is 2.72. The summed E-state index contributed by atoms with van der Waals surface area (Å²) >= 11 is 0. The zero-order valence-corrected chi connectivity index (χ0v) is 9.26. The van der Waals surface area contributed by atoms with E-state index in [2.05, 4.69) is 26.1 Å². The fourth-order valence-corrected chi connectivity index (χ4v) is 1.16. The highest BCUT2D eigenvalue weighted by Crippen LogP contribution is 2.18. The number of hydrogen-bond donors (Lipinski definition) is 1. The maximum Gasteiger partial charge on any atom is 0.146 e. The van der Waals surface area contributed by atoms with Gasteiger partial charge in [0.05, 0.1) is 5.69 Å². The highest BCUT2D eigenvalue weighted by molar-refractivity contribution is 5.47. The van der Waals surface area contributed by atoms with E-state index in [1.165, 1.54) is 6.07 Å². The lowest BCUT2D eigenvalue weighted by Crippen LogP contribution is -2.22. The van der Waals surface area contributed by atoms with E-state index in [4.69, 9.17) is 0 Å². The minimum absolute atomic E-state index is 0.178. The molecule has 14 heavy (non-hydrogen) atoms. The van der Waals surface area contributed by atoms with Gasteiger partial charge in [0, 0.05) is 6.04 Å². The van der Waals surface area contributed by atoms with Crippen molar-refractivity contribution in [2.24, 2.45) is 5.92 Å².